The molecule has 7 nitrogen and oxygen atoms in total. The van der Waals surface area contributed by atoms with Crippen LogP contribution in [0.4, 0.5) is 0 Å². The number of hydrogen-bond acceptors (Lipinski definition) is 6. The Hall–Kier alpha value is -6.47. The number of carboxylic acid groups (broad SMARTS) is 1. The quantitative estimate of drug-likeness (QED) is 0.163. The first-order chi connectivity index (χ1) is 23.7. The lowest BCUT2D eigenvalue weighted by molar-refractivity contribution is -0.115. The Balaban J connectivity index is 0.000000200. The summed E-state index contributed by atoms with van der Waals surface area (Å²) in [5, 5.41) is 8.72. The third kappa shape index (κ3) is 15.1. The summed E-state index contributed by atoms with van der Waals surface area (Å²) in [6, 6.07) is 51.8. The van der Waals surface area contributed by atoms with Gasteiger partial charge in [0.1, 0.15) is 40.3 Å². The zero-order valence-electron chi connectivity index (χ0n) is 27.6. The van der Waals surface area contributed by atoms with Crippen LogP contribution in [0.3, 0.4) is 0 Å². The molecule has 0 saturated carbocycles. The summed E-state index contributed by atoms with van der Waals surface area (Å²) >= 11 is 0. The van der Waals surface area contributed by atoms with E-state index in [4.69, 9.17) is 19.3 Å². The van der Waals surface area contributed by atoms with Gasteiger partial charge in [0.2, 0.25) is 0 Å². The molecule has 1 N–H and O–H groups in total. The summed E-state index contributed by atoms with van der Waals surface area (Å²) in [7, 11) is 0. The first-order valence-corrected chi connectivity index (χ1v) is 15.3. The lowest BCUT2D eigenvalue weighted by atomic mass is 10.2. The highest BCUT2D eigenvalue weighted by molar-refractivity contribution is 5.93. The van der Waals surface area contributed by atoms with E-state index in [2.05, 4.69) is 0 Å². The van der Waals surface area contributed by atoms with Crippen LogP contribution >= 0.6 is 0 Å². The molecule has 49 heavy (non-hydrogen) atoms. The molecule has 248 valence electrons. The van der Waals surface area contributed by atoms with E-state index in [0.717, 1.165) is 34.3 Å². The fourth-order valence-electron chi connectivity index (χ4n) is 3.79. The number of carbonyl (C=O) groups excluding carboxylic acids is 2. The monoisotopic (exact) mass is 654 g/mol. The van der Waals surface area contributed by atoms with E-state index in [9.17, 15) is 14.4 Å². The van der Waals surface area contributed by atoms with E-state index < -0.39 is 5.97 Å². The zero-order valence-corrected chi connectivity index (χ0v) is 27.6. The molecular formula is C42H38O7. The fourth-order valence-corrected chi connectivity index (χ4v) is 3.79. The molecule has 0 saturated heterocycles. The predicted molar refractivity (Wildman–Crippen MR) is 192 cm³/mol. The number of carbonyl (C=O) groups is 3. The highest BCUT2D eigenvalue weighted by Gasteiger charge is 2.03. The Bertz CT molecular complexity index is 1760. The molecule has 0 bridgehead atoms. The second-order valence-electron chi connectivity index (χ2n) is 10.4. The maximum absolute atomic E-state index is 10.6. The predicted octanol–water partition coefficient (Wildman–Crippen LogP) is 10.9. The number of Topliss-reactive ketones (excluding diaryl/α,β-unsaturated/α-hetero) is 2. The molecule has 0 aliphatic heterocycles. The number of aromatic carboxylic acids is 1. The molecule has 0 radical (unpaired) electrons. The van der Waals surface area contributed by atoms with Crippen molar-refractivity contribution in [3.05, 3.63) is 181 Å². The van der Waals surface area contributed by atoms with Crippen molar-refractivity contribution in [1.29, 1.82) is 0 Å². The highest BCUT2D eigenvalue weighted by atomic mass is 16.5. The highest BCUT2D eigenvalue weighted by Crippen LogP contribution is 2.26. The minimum atomic E-state index is -0.939. The average molecular weight is 655 g/mol. The molecule has 0 atom stereocenters. The first kappa shape index (κ1) is 37.0. The Labute approximate surface area is 287 Å². The van der Waals surface area contributed by atoms with Crippen LogP contribution in [0, 0.1) is 0 Å². The van der Waals surface area contributed by atoms with Gasteiger partial charge in [-0.3, -0.25) is 4.79 Å². The number of para-hydroxylation sites is 3. The average Bonchev–Trinajstić information content (AvgIpc) is 3.11. The molecule has 0 aliphatic rings. The molecule has 6 aromatic rings. The lowest BCUT2D eigenvalue weighted by Crippen LogP contribution is -1.95. The van der Waals surface area contributed by atoms with E-state index in [1.54, 1.807) is 19.1 Å². The van der Waals surface area contributed by atoms with E-state index in [0.29, 0.717) is 5.75 Å². The van der Waals surface area contributed by atoms with Gasteiger partial charge in [-0.15, -0.1) is 0 Å². The second-order valence-corrected chi connectivity index (χ2v) is 10.4. The van der Waals surface area contributed by atoms with Crippen molar-refractivity contribution in [2.24, 2.45) is 0 Å². The van der Waals surface area contributed by atoms with Gasteiger partial charge in [-0.2, -0.15) is 0 Å². The van der Waals surface area contributed by atoms with Gasteiger partial charge in [0, 0.05) is 5.56 Å². The van der Waals surface area contributed by atoms with Crippen LogP contribution in [0.2, 0.25) is 0 Å². The Morgan fingerprint density at radius 2 is 0.612 bits per heavy atom. The van der Waals surface area contributed by atoms with Crippen LogP contribution in [0.25, 0.3) is 0 Å². The molecule has 6 rings (SSSR count). The van der Waals surface area contributed by atoms with Crippen molar-refractivity contribution in [1.82, 2.24) is 0 Å². The number of ketones is 2. The van der Waals surface area contributed by atoms with E-state index in [1.807, 2.05) is 146 Å². The van der Waals surface area contributed by atoms with E-state index >= 15 is 0 Å². The SMILES string of the molecule is CC(=O)c1ccccc1.CC(C)=O.O=C(O)c1ccc(Oc2ccccc2)cc1.c1ccc(Oc2ccc(Oc3ccccc3)cc2)cc1. The molecule has 0 heterocycles. The van der Waals surface area contributed by atoms with Gasteiger partial charge in [-0.05, 0) is 106 Å². The summed E-state index contributed by atoms with van der Waals surface area (Å²) < 4.78 is 17.0. The summed E-state index contributed by atoms with van der Waals surface area (Å²) in [6.07, 6.45) is 0. The molecule has 0 amide bonds. The topological polar surface area (TPSA) is 99.1 Å². The minimum Gasteiger partial charge on any atom is -0.478 e. The number of ether oxygens (including phenoxy) is 3. The van der Waals surface area contributed by atoms with Crippen molar-refractivity contribution in [2.75, 3.05) is 0 Å². The Morgan fingerprint density at radius 1 is 0.367 bits per heavy atom. The van der Waals surface area contributed by atoms with Gasteiger partial charge >= 0.3 is 5.97 Å². The third-order valence-corrected chi connectivity index (χ3v) is 6.04. The lowest BCUT2D eigenvalue weighted by Gasteiger charge is -2.08. The van der Waals surface area contributed by atoms with Crippen molar-refractivity contribution in [3.8, 4) is 34.5 Å². The normalized spacial score (nSPS) is 9.45. The summed E-state index contributed by atoms with van der Waals surface area (Å²) in [6.45, 7) is 4.62. The first-order valence-electron chi connectivity index (χ1n) is 15.3. The maximum Gasteiger partial charge on any atom is 0.335 e. The van der Waals surface area contributed by atoms with Crippen LogP contribution in [0.5, 0.6) is 34.5 Å². The van der Waals surface area contributed by atoms with E-state index in [1.165, 1.54) is 26.0 Å². The molecule has 0 spiro atoms. The Morgan fingerprint density at radius 3 is 0.857 bits per heavy atom. The summed E-state index contributed by atoms with van der Waals surface area (Å²) in [5.41, 5.74) is 1.03. The molecule has 6 aromatic carbocycles. The third-order valence-electron chi connectivity index (χ3n) is 6.04. The van der Waals surface area contributed by atoms with Gasteiger partial charge in [-0.25, -0.2) is 4.79 Å². The van der Waals surface area contributed by atoms with Gasteiger partial charge < -0.3 is 24.1 Å². The summed E-state index contributed by atoms with van der Waals surface area (Å²) in [4.78, 5) is 30.7. The van der Waals surface area contributed by atoms with E-state index in [-0.39, 0.29) is 17.1 Å². The largest absolute Gasteiger partial charge is 0.478 e. The minimum absolute atomic E-state index is 0.121. The number of hydrogen-bond donors (Lipinski definition) is 1. The zero-order chi connectivity index (χ0) is 35.3. The molecule has 0 unspecified atom stereocenters. The van der Waals surface area contributed by atoms with Gasteiger partial charge in [0.05, 0.1) is 5.56 Å². The van der Waals surface area contributed by atoms with Crippen molar-refractivity contribution in [2.45, 2.75) is 20.8 Å². The Kier molecular flexibility index (Phi) is 15.6. The van der Waals surface area contributed by atoms with Crippen LogP contribution in [-0.2, 0) is 4.79 Å². The molecule has 0 fully saturated rings. The number of benzene rings is 6. The van der Waals surface area contributed by atoms with Crippen molar-refractivity contribution < 1.29 is 33.7 Å². The van der Waals surface area contributed by atoms with Gasteiger partial charge in [-0.1, -0.05) is 84.9 Å². The fraction of sp³-hybridized carbons (Fsp3) is 0.0714. The van der Waals surface area contributed by atoms with Crippen LogP contribution in [0.1, 0.15) is 41.5 Å². The molecule has 7 heteroatoms. The molecule has 0 aliphatic carbocycles. The second kappa shape index (κ2) is 20.6. The maximum atomic E-state index is 10.6. The van der Waals surface area contributed by atoms with Crippen LogP contribution in [-0.4, -0.2) is 22.6 Å². The van der Waals surface area contributed by atoms with Crippen molar-refractivity contribution >= 4 is 17.5 Å². The van der Waals surface area contributed by atoms with Crippen LogP contribution in [0.15, 0.2) is 170 Å². The van der Waals surface area contributed by atoms with Gasteiger partial charge in [0.15, 0.2) is 5.78 Å². The summed E-state index contributed by atoms with van der Waals surface area (Å²) in [5.74, 6) is 3.92. The molecular weight excluding hydrogens is 616 g/mol. The number of rotatable bonds is 8. The standard InChI is InChI=1S/C18H14O2.C13H10O3.C8H8O.C3H6O/c1-3-7-15(8-4-1)19-17-11-13-18(14-12-17)20-16-9-5-2-6-10-16;14-13(15)10-6-8-12(9-7-10)16-11-4-2-1-3-5-11;1-7(9)8-5-3-2-4-6-8;1-3(2)4/h1-14H;1-9H,(H,14,15);2-6H,1H3;1-2H3. The molecule has 0 aromatic heterocycles. The number of carboxylic acids is 1. The van der Waals surface area contributed by atoms with Gasteiger partial charge in [0.25, 0.3) is 0 Å². The smallest absolute Gasteiger partial charge is 0.335 e. The van der Waals surface area contributed by atoms with Crippen LogP contribution < -0.4 is 14.2 Å². The van der Waals surface area contributed by atoms with Crippen molar-refractivity contribution in [3.63, 3.8) is 0 Å².